The summed E-state index contributed by atoms with van der Waals surface area (Å²) in [6, 6.07) is 9.00. The Kier molecular flexibility index (Phi) is 4.43. The Labute approximate surface area is 124 Å². The predicted octanol–water partition coefficient (Wildman–Crippen LogP) is 2.85. The number of para-hydroxylation sites is 1. The van der Waals surface area contributed by atoms with Crippen LogP contribution in [0.25, 0.3) is 0 Å². The van der Waals surface area contributed by atoms with Gasteiger partial charge in [0.2, 0.25) is 0 Å². The van der Waals surface area contributed by atoms with Crippen molar-refractivity contribution in [3.05, 3.63) is 47.3 Å². The van der Waals surface area contributed by atoms with Gasteiger partial charge < -0.3 is 10.4 Å². The number of benzene rings is 1. The molecule has 0 saturated carbocycles. The minimum absolute atomic E-state index is 0.273. The molecule has 5 heteroatoms. The lowest BCUT2D eigenvalue weighted by Crippen LogP contribution is -2.14. The first-order valence-electron chi connectivity index (χ1n) is 7.02. The summed E-state index contributed by atoms with van der Waals surface area (Å²) in [4.78, 5) is 12.3. The van der Waals surface area contributed by atoms with Crippen molar-refractivity contribution in [3.8, 4) is 0 Å². The summed E-state index contributed by atoms with van der Waals surface area (Å²) in [5.41, 5.74) is 2.67. The van der Waals surface area contributed by atoms with Gasteiger partial charge in [0.25, 0.3) is 5.91 Å². The first kappa shape index (κ1) is 15.3. The molecule has 1 unspecified atom stereocenters. The Bertz CT molecular complexity index is 645. The first-order valence-corrected chi connectivity index (χ1v) is 7.02. The van der Waals surface area contributed by atoms with Crippen LogP contribution < -0.4 is 5.32 Å². The zero-order valence-electron chi connectivity index (χ0n) is 12.8. The van der Waals surface area contributed by atoms with Crippen LogP contribution in [0.1, 0.15) is 54.5 Å². The minimum Gasteiger partial charge on any atom is -0.389 e. The van der Waals surface area contributed by atoms with Gasteiger partial charge in [-0.2, -0.15) is 5.10 Å². The van der Waals surface area contributed by atoms with E-state index < -0.39 is 6.10 Å². The van der Waals surface area contributed by atoms with E-state index in [0.29, 0.717) is 22.9 Å². The van der Waals surface area contributed by atoms with Crippen LogP contribution >= 0.6 is 0 Å². The van der Waals surface area contributed by atoms with E-state index in [1.165, 1.54) is 0 Å². The van der Waals surface area contributed by atoms with Crippen LogP contribution in [0.4, 0.5) is 5.69 Å². The molecule has 1 heterocycles. The Morgan fingerprint density at radius 2 is 1.95 bits per heavy atom. The van der Waals surface area contributed by atoms with Crippen LogP contribution in [0.15, 0.2) is 30.3 Å². The molecule has 2 aromatic rings. The number of hydrogen-bond acceptors (Lipinski definition) is 3. The number of aliphatic hydroxyl groups excluding tert-OH is 1. The fraction of sp³-hybridized carbons (Fsp3) is 0.375. The third-order valence-corrected chi connectivity index (χ3v) is 3.40. The van der Waals surface area contributed by atoms with Crippen molar-refractivity contribution in [2.24, 2.45) is 7.05 Å². The molecule has 0 aliphatic rings. The summed E-state index contributed by atoms with van der Waals surface area (Å²) >= 11 is 0. The minimum atomic E-state index is -0.642. The number of carbonyl (C=O) groups is 1. The number of carbonyl (C=O) groups excluding carboxylic acids is 1. The molecular weight excluding hydrogens is 266 g/mol. The second-order valence-electron chi connectivity index (χ2n) is 5.45. The lowest BCUT2D eigenvalue weighted by Gasteiger charge is -2.12. The molecule has 0 bridgehead atoms. The average Bonchev–Trinajstić information content (AvgIpc) is 2.81. The van der Waals surface area contributed by atoms with Crippen molar-refractivity contribution < 1.29 is 9.90 Å². The monoisotopic (exact) mass is 287 g/mol. The molecule has 1 atom stereocenters. The molecule has 112 valence electrons. The van der Waals surface area contributed by atoms with Crippen LogP contribution in [-0.2, 0) is 7.05 Å². The maximum Gasteiger partial charge on any atom is 0.276 e. The van der Waals surface area contributed by atoms with Crippen LogP contribution in [0.2, 0.25) is 0 Å². The number of aliphatic hydroxyl groups is 1. The largest absolute Gasteiger partial charge is 0.389 e. The molecule has 5 nitrogen and oxygen atoms in total. The highest BCUT2D eigenvalue weighted by Crippen LogP contribution is 2.23. The smallest absolute Gasteiger partial charge is 0.276 e. The summed E-state index contributed by atoms with van der Waals surface area (Å²) in [6.07, 6.45) is -0.642. The number of aryl methyl sites for hydroxylation is 1. The Hall–Kier alpha value is -2.14. The second kappa shape index (κ2) is 6.10. The molecule has 2 N–H and O–H groups in total. The van der Waals surface area contributed by atoms with Gasteiger partial charge in [0.1, 0.15) is 0 Å². The van der Waals surface area contributed by atoms with Crippen LogP contribution in [0.5, 0.6) is 0 Å². The highest BCUT2D eigenvalue weighted by molar-refractivity contribution is 6.03. The van der Waals surface area contributed by atoms with Crippen LogP contribution in [-0.4, -0.2) is 20.8 Å². The van der Waals surface area contributed by atoms with Gasteiger partial charge in [-0.15, -0.1) is 0 Å². The van der Waals surface area contributed by atoms with Crippen molar-refractivity contribution in [1.29, 1.82) is 0 Å². The van der Waals surface area contributed by atoms with Crippen molar-refractivity contribution in [1.82, 2.24) is 9.78 Å². The zero-order chi connectivity index (χ0) is 15.6. The third kappa shape index (κ3) is 3.31. The van der Waals surface area contributed by atoms with Gasteiger partial charge in [-0.3, -0.25) is 9.48 Å². The predicted molar refractivity (Wildman–Crippen MR) is 82.3 cm³/mol. The average molecular weight is 287 g/mol. The molecular formula is C16H21N3O2. The molecule has 0 saturated heterocycles. The molecule has 1 aromatic heterocycles. The van der Waals surface area contributed by atoms with E-state index in [2.05, 4.69) is 24.3 Å². The SMILES string of the molecule is CC(C)c1cc(C(=O)Nc2ccccc2C(C)O)nn1C. The van der Waals surface area contributed by atoms with Gasteiger partial charge in [-0.05, 0) is 25.0 Å². The maximum atomic E-state index is 12.3. The van der Waals surface area contributed by atoms with E-state index in [9.17, 15) is 9.90 Å². The van der Waals surface area contributed by atoms with Crippen LogP contribution in [0.3, 0.4) is 0 Å². The molecule has 0 aliphatic carbocycles. The molecule has 1 aromatic carbocycles. The third-order valence-electron chi connectivity index (χ3n) is 3.40. The fourth-order valence-electron chi connectivity index (χ4n) is 2.29. The first-order chi connectivity index (χ1) is 9.90. The Morgan fingerprint density at radius 3 is 2.52 bits per heavy atom. The van der Waals surface area contributed by atoms with Crippen molar-refractivity contribution in [2.75, 3.05) is 5.32 Å². The summed E-state index contributed by atoms with van der Waals surface area (Å²) in [5.74, 6) is 0.0272. The summed E-state index contributed by atoms with van der Waals surface area (Å²) in [5, 5.41) is 16.8. The van der Waals surface area contributed by atoms with E-state index >= 15 is 0 Å². The molecule has 0 aliphatic heterocycles. The number of anilines is 1. The molecule has 0 spiro atoms. The maximum absolute atomic E-state index is 12.3. The van der Waals surface area contributed by atoms with E-state index in [-0.39, 0.29) is 5.91 Å². The molecule has 0 radical (unpaired) electrons. The highest BCUT2D eigenvalue weighted by atomic mass is 16.3. The van der Waals surface area contributed by atoms with Crippen LogP contribution in [0, 0.1) is 0 Å². The standard InChI is InChI=1S/C16H21N3O2/c1-10(2)15-9-14(18-19(15)4)16(21)17-13-8-6-5-7-12(13)11(3)20/h5-11,20H,1-4H3,(H,17,21). The summed E-state index contributed by atoms with van der Waals surface area (Å²) in [7, 11) is 1.83. The van der Waals surface area contributed by atoms with Gasteiger partial charge in [0.15, 0.2) is 5.69 Å². The van der Waals surface area contributed by atoms with Crippen molar-refractivity contribution in [2.45, 2.75) is 32.8 Å². The van der Waals surface area contributed by atoms with Crippen molar-refractivity contribution >= 4 is 11.6 Å². The highest BCUT2D eigenvalue weighted by Gasteiger charge is 2.16. The zero-order valence-corrected chi connectivity index (χ0v) is 12.8. The molecule has 0 fully saturated rings. The Balaban J connectivity index is 2.25. The molecule has 2 rings (SSSR count). The number of nitrogens with one attached hydrogen (secondary N) is 1. The molecule has 1 amide bonds. The van der Waals surface area contributed by atoms with Gasteiger partial charge in [-0.1, -0.05) is 32.0 Å². The number of amides is 1. The van der Waals surface area contributed by atoms with Gasteiger partial charge in [0, 0.05) is 24.0 Å². The second-order valence-corrected chi connectivity index (χ2v) is 5.45. The van der Waals surface area contributed by atoms with Gasteiger partial charge >= 0.3 is 0 Å². The summed E-state index contributed by atoms with van der Waals surface area (Å²) < 4.78 is 1.72. The lowest BCUT2D eigenvalue weighted by atomic mass is 10.1. The van der Waals surface area contributed by atoms with E-state index in [0.717, 1.165) is 5.69 Å². The molecule has 21 heavy (non-hydrogen) atoms. The fourth-order valence-corrected chi connectivity index (χ4v) is 2.29. The Morgan fingerprint density at radius 1 is 1.29 bits per heavy atom. The van der Waals surface area contributed by atoms with E-state index in [1.807, 2.05) is 19.2 Å². The number of hydrogen-bond donors (Lipinski definition) is 2. The number of aromatic nitrogens is 2. The van der Waals surface area contributed by atoms with Gasteiger partial charge in [-0.25, -0.2) is 0 Å². The quantitative estimate of drug-likeness (QED) is 0.908. The van der Waals surface area contributed by atoms with Crippen molar-refractivity contribution in [3.63, 3.8) is 0 Å². The number of rotatable bonds is 4. The normalized spacial score (nSPS) is 12.5. The van der Waals surface area contributed by atoms with E-state index in [4.69, 9.17) is 0 Å². The lowest BCUT2D eigenvalue weighted by molar-refractivity contribution is 0.102. The number of nitrogens with zero attached hydrogens (tertiary/aromatic N) is 2. The topological polar surface area (TPSA) is 67.2 Å². The van der Waals surface area contributed by atoms with Gasteiger partial charge in [0.05, 0.1) is 6.10 Å². The summed E-state index contributed by atoms with van der Waals surface area (Å²) in [6.45, 7) is 5.78. The van der Waals surface area contributed by atoms with E-state index in [1.54, 1.807) is 29.8 Å².